The molecule has 0 amide bonds. The maximum Gasteiger partial charge on any atom is 0.346 e. The van der Waals surface area contributed by atoms with Crippen LogP contribution in [0.15, 0.2) is 46.9 Å². The molecule has 2 heterocycles. The summed E-state index contributed by atoms with van der Waals surface area (Å²) < 4.78 is 0.846. The molecule has 25 heavy (non-hydrogen) atoms. The number of benzene rings is 1. The van der Waals surface area contributed by atoms with Gasteiger partial charge in [-0.05, 0) is 36.2 Å². The Morgan fingerprint density at radius 3 is 2.52 bits per heavy atom. The number of pyridine rings is 1. The zero-order valence-corrected chi connectivity index (χ0v) is 15.0. The Morgan fingerprint density at radius 1 is 1.20 bits per heavy atom. The quantitative estimate of drug-likeness (QED) is 0.651. The summed E-state index contributed by atoms with van der Waals surface area (Å²) in [6.45, 7) is 1.97. The predicted octanol–water partition coefficient (Wildman–Crippen LogP) is 5.04. The van der Waals surface area contributed by atoms with Crippen molar-refractivity contribution in [2.75, 3.05) is 19.0 Å². The van der Waals surface area contributed by atoms with Gasteiger partial charge in [-0.2, -0.15) is 5.11 Å². The Balaban J connectivity index is 2.22. The van der Waals surface area contributed by atoms with Gasteiger partial charge in [0, 0.05) is 37.6 Å². The van der Waals surface area contributed by atoms with Crippen molar-refractivity contribution in [2.24, 2.45) is 10.2 Å². The molecule has 0 aliphatic rings. The molecular formula is C18H18N4O2S. The molecule has 0 spiro atoms. The highest BCUT2D eigenvalue weighted by molar-refractivity contribution is 7.21. The van der Waals surface area contributed by atoms with Crippen LogP contribution in [0.3, 0.4) is 0 Å². The first-order valence-corrected chi connectivity index (χ1v) is 8.65. The molecule has 128 valence electrons. The third-order valence-corrected chi connectivity index (χ3v) is 5.10. The average molecular weight is 354 g/mol. The van der Waals surface area contributed by atoms with Crippen LogP contribution in [0.4, 0.5) is 17.1 Å². The normalized spacial score (nSPS) is 11.3. The van der Waals surface area contributed by atoms with Crippen molar-refractivity contribution in [3.8, 4) is 0 Å². The molecular weight excluding hydrogens is 336 g/mol. The molecule has 0 atom stereocenters. The molecule has 0 bridgehead atoms. The first-order chi connectivity index (χ1) is 12.0. The van der Waals surface area contributed by atoms with E-state index in [1.807, 2.05) is 38.1 Å². The van der Waals surface area contributed by atoms with E-state index in [0.717, 1.165) is 21.3 Å². The smallest absolute Gasteiger partial charge is 0.346 e. The monoisotopic (exact) mass is 354 g/mol. The molecule has 1 aromatic carbocycles. The van der Waals surface area contributed by atoms with Gasteiger partial charge in [-0.15, -0.1) is 16.5 Å². The van der Waals surface area contributed by atoms with Crippen LogP contribution in [0.5, 0.6) is 0 Å². The van der Waals surface area contributed by atoms with Crippen LogP contribution in [0.1, 0.15) is 22.2 Å². The summed E-state index contributed by atoms with van der Waals surface area (Å²) in [6, 6.07) is 7.37. The molecule has 0 saturated carbocycles. The van der Waals surface area contributed by atoms with E-state index in [1.54, 1.807) is 24.5 Å². The van der Waals surface area contributed by atoms with Gasteiger partial charge >= 0.3 is 5.97 Å². The molecule has 3 rings (SSSR count). The van der Waals surface area contributed by atoms with E-state index < -0.39 is 5.97 Å². The van der Waals surface area contributed by atoms with Crippen LogP contribution in [0.25, 0.3) is 10.1 Å². The van der Waals surface area contributed by atoms with E-state index in [1.165, 1.54) is 11.3 Å². The summed E-state index contributed by atoms with van der Waals surface area (Å²) in [6.07, 6.45) is 3.96. The van der Waals surface area contributed by atoms with Crippen LogP contribution < -0.4 is 4.90 Å². The number of aryl methyl sites for hydroxylation is 1. The summed E-state index contributed by atoms with van der Waals surface area (Å²) in [7, 11) is 3.90. The van der Waals surface area contributed by atoms with E-state index in [2.05, 4.69) is 15.2 Å². The molecule has 0 aliphatic heterocycles. The summed E-state index contributed by atoms with van der Waals surface area (Å²) in [5.41, 5.74) is 3.20. The Labute approximate surface area is 149 Å². The van der Waals surface area contributed by atoms with Crippen molar-refractivity contribution in [1.29, 1.82) is 0 Å². The van der Waals surface area contributed by atoms with E-state index in [4.69, 9.17) is 0 Å². The lowest BCUT2D eigenvalue weighted by molar-refractivity contribution is 0.0701. The molecule has 0 unspecified atom stereocenters. The predicted molar refractivity (Wildman–Crippen MR) is 101 cm³/mol. The second kappa shape index (κ2) is 6.98. The van der Waals surface area contributed by atoms with Crippen molar-refractivity contribution in [1.82, 2.24) is 4.98 Å². The number of fused-ring (bicyclic) bond motifs is 1. The summed E-state index contributed by atoms with van der Waals surface area (Å²) >= 11 is 1.26. The van der Waals surface area contributed by atoms with E-state index in [9.17, 15) is 9.90 Å². The average Bonchev–Trinajstić information content (AvgIpc) is 3.00. The van der Waals surface area contributed by atoms with Gasteiger partial charge < -0.3 is 10.0 Å². The number of thiophene rings is 1. The standard InChI is InChI=1S/C18H18N4O2S/c1-4-12-15-14(22(2)3)6-5-13(17(15)25-16(12)18(23)24)21-20-11-7-9-19-10-8-11/h5-10H,4H2,1-3H3,(H,23,24). The molecule has 1 N–H and O–H groups in total. The molecule has 2 aromatic heterocycles. The fraction of sp³-hybridized carbons (Fsp3) is 0.222. The third-order valence-electron chi connectivity index (χ3n) is 3.86. The summed E-state index contributed by atoms with van der Waals surface area (Å²) in [5.74, 6) is -0.903. The van der Waals surface area contributed by atoms with Crippen LogP contribution in [0.2, 0.25) is 0 Å². The number of carbonyl (C=O) groups is 1. The van der Waals surface area contributed by atoms with Gasteiger partial charge in [0.1, 0.15) is 10.6 Å². The molecule has 0 saturated heterocycles. The number of aromatic nitrogens is 1. The second-order valence-corrected chi connectivity index (χ2v) is 6.70. The minimum Gasteiger partial charge on any atom is -0.477 e. The molecule has 3 aromatic rings. The van der Waals surface area contributed by atoms with Crippen LogP contribution in [-0.2, 0) is 6.42 Å². The van der Waals surface area contributed by atoms with Crippen molar-refractivity contribution in [3.05, 3.63) is 47.1 Å². The second-order valence-electron chi connectivity index (χ2n) is 5.68. The Kier molecular flexibility index (Phi) is 4.76. The Hall–Kier alpha value is -2.80. The first kappa shape index (κ1) is 17.0. The number of rotatable bonds is 5. The van der Waals surface area contributed by atoms with Crippen LogP contribution in [0, 0.1) is 0 Å². The highest BCUT2D eigenvalue weighted by atomic mass is 32.1. The maximum absolute atomic E-state index is 11.7. The fourth-order valence-electron chi connectivity index (χ4n) is 2.72. The number of hydrogen-bond acceptors (Lipinski definition) is 6. The number of carboxylic acid groups (broad SMARTS) is 1. The van der Waals surface area contributed by atoms with E-state index >= 15 is 0 Å². The van der Waals surface area contributed by atoms with E-state index in [-0.39, 0.29) is 0 Å². The molecule has 0 fully saturated rings. The Bertz CT molecular complexity index is 949. The lowest BCUT2D eigenvalue weighted by Gasteiger charge is -2.15. The van der Waals surface area contributed by atoms with Crippen molar-refractivity contribution >= 4 is 44.5 Å². The first-order valence-electron chi connectivity index (χ1n) is 7.83. The van der Waals surface area contributed by atoms with Gasteiger partial charge in [-0.3, -0.25) is 4.98 Å². The Morgan fingerprint density at radius 2 is 1.92 bits per heavy atom. The maximum atomic E-state index is 11.7. The van der Waals surface area contributed by atoms with Crippen molar-refractivity contribution in [3.63, 3.8) is 0 Å². The van der Waals surface area contributed by atoms with Crippen LogP contribution >= 0.6 is 11.3 Å². The van der Waals surface area contributed by atoms with Crippen molar-refractivity contribution < 1.29 is 9.90 Å². The van der Waals surface area contributed by atoms with Gasteiger partial charge in [0.25, 0.3) is 0 Å². The topological polar surface area (TPSA) is 78.1 Å². The van der Waals surface area contributed by atoms with Crippen molar-refractivity contribution in [2.45, 2.75) is 13.3 Å². The highest BCUT2D eigenvalue weighted by Gasteiger charge is 2.21. The van der Waals surface area contributed by atoms with Gasteiger partial charge in [0.2, 0.25) is 0 Å². The fourth-order valence-corrected chi connectivity index (χ4v) is 3.92. The molecule has 6 nitrogen and oxygen atoms in total. The zero-order valence-electron chi connectivity index (χ0n) is 14.2. The number of azo groups is 1. The minimum absolute atomic E-state index is 0.368. The summed E-state index contributed by atoms with van der Waals surface area (Å²) in [5, 5.41) is 19.1. The number of hydrogen-bond donors (Lipinski definition) is 1. The number of aromatic carboxylic acids is 1. The molecule has 0 aliphatic carbocycles. The van der Waals surface area contributed by atoms with Gasteiger partial charge in [-0.1, -0.05) is 6.92 Å². The SMILES string of the molecule is CCc1c(C(=O)O)sc2c(N=Nc3ccncc3)ccc(N(C)C)c12. The largest absolute Gasteiger partial charge is 0.477 e. The molecule has 0 radical (unpaired) electrons. The van der Waals surface area contributed by atoms with E-state index in [0.29, 0.717) is 22.7 Å². The third kappa shape index (κ3) is 3.23. The number of nitrogens with zero attached hydrogens (tertiary/aromatic N) is 4. The minimum atomic E-state index is -0.903. The van der Waals surface area contributed by atoms with Crippen LogP contribution in [-0.4, -0.2) is 30.2 Å². The van der Waals surface area contributed by atoms with Gasteiger partial charge in [0.05, 0.1) is 10.4 Å². The number of carboxylic acids is 1. The summed E-state index contributed by atoms with van der Waals surface area (Å²) in [4.78, 5) is 18.0. The zero-order chi connectivity index (χ0) is 18.0. The lowest BCUT2D eigenvalue weighted by atomic mass is 10.1. The van der Waals surface area contributed by atoms with Gasteiger partial charge in [0.15, 0.2) is 0 Å². The number of anilines is 1. The lowest BCUT2D eigenvalue weighted by Crippen LogP contribution is -2.09. The van der Waals surface area contributed by atoms with Gasteiger partial charge in [-0.25, -0.2) is 4.79 Å². The highest BCUT2D eigenvalue weighted by Crippen LogP contribution is 2.43. The molecule has 7 heteroatoms.